The lowest BCUT2D eigenvalue weighted by atomic mass is 10.1. The van der Waals surface area contributed by atoms with Gasteiger partial charge in [-0.1, -0.05) is 6.92 Å². The van der Waals surface area contributed by atoms with E-state index in [1.165, 1.54) is 0 Å². The molecule has 1 saturated carbocycles. The number of carboxylic acid groups (broad SMARTS) is 1. The van der Waals surface area contributed by atoms with E-state index in [2.05, 4.69) is 5.32 Å². The monoisotopic (exact) mass is 254 g/mol. The molecule has 18 heavy (non-hydrogen) atoms. The second-order valence-corrected chi connectivity index (χ2v) is 4.38. The third-order valence-electron chi connectivity index (χ3n) is 2.96. The smallest absolute Gasteiger partial charge is 0.338 e. The fourth-order valence-electron chi connectivity index (χ4n) is 1.72. The molecule has 1 aliphatic rings. The summed E-state index contributed by atoms with van der Waals surface area (Å²) in [6, 6.07) is 1.69. The molecule has 1 aromatic rings. The molecular weight excluding hydrogens is 243 g/mol. The number of aromatic carboxylic acids is 1. The van der Waals surface area contributed by atoms with Crippen LogP contribution in [0.25, 0.3) is 0 Å². The standard InChI is InChI=1S/C11H11FN2O4/c1-5-2-8(5)13-9-3-6(11(15)16)7(12)4-10(9)14(17)18/h3-5,8,13H,2H2,1H3,(H,15,16). The van der Waals surface area contributed by atoms with Crippen molar-refractivity contribution in [3.05, 3.63) is 33.6 Å². The number of halogens is 1. The average Bonchev–Trinajstić information content (AvgIpc) is 2.95. The Kier molecular flexibility index (Phi) is 2.90. The first-order valence-corrected chi connectivity index (χ1v) is 5.38. The van der Waals surface area contributed by atoms with Gasteiger partial charge in [0, 0.05) is 6.04 Å². The van der Waals surface area contributed by atoms with E-state index in [1.807, 2.05) is 6.92 Å². The minimum atomic E-state index is -1.45. The molecule has 0 heterocycles. The molecule has 6 nitrogen and oxygen atoms in total. The fourth-order valence-corrected chi connectivity index (χ4v) is 1.72. The Morgan fingerprint density at radius 2 is 2.22 bits per heavy atom. The van der Waals surface area contributed by atoms with Crippen LogP contribution in [0.2, 0.25) is 0 Å². The van der Waals surface area contributed by atoms with Crippen LogP contribution < -0.4 is 5.32 Å². The van der Waals surface area contributed by atoms with Gasteiger partial charge in [-0.2, -0.15) is 0 Å². The fraction of sp³-hybridized carbons (Fsp3) is 0.364. The van der Waals surface area contributed by atoms with Crippen LogP contribution in [0.3, 0.4) is 0 Å². The largest absolute Gasteiger partial charge is 0.478 e. The van der Waals surface area contributed by atoms with Crippen molar-refractivity contribution in [2.24, 2.45) is 5.92 Å². The minimum absolute atomic E-state index is 0.0492. The molecule has 2 N–H and O–H groups in total. The van der Waals surface area contributed by atoms with Crippen LogP contribution in [0, 0.1) is 21.8 Å². The van der Waals surface area contributed by atoms with Crippen molar-refractivity contribution in [1.29, 1.82) is 0 Å². The number of carboxylic acids is 1. The van der Waals surface area contributed by atoms with E-state index in [9.17, 15) is 19.3 Å². The van der Waals surface area contributed by atoms with Crippen molar-refractivity contribution in [2.45, 2.75) is 19.4 Å². The third kappa shape index (κ3) is 2.24. The molecule has 96 valence electrons. The zero-order valence-electron chi connectivity index (χ0n) is 9.51. The van der Waals surface area contributed by atoms with Crippen molar-refractivity contribution >= 4 is 17.3 Å². The Morgan fingerprint density at radius 3 is 2.67 bits per heavy atom. The van der Waals surface area contributed by atoms with E-state index < -0.39 is 28.0 Å². The Morgan fingerprint density at radius 1 is 1.61 bits per heavy atom. The molecule has 0 radical (unpaired) electrons. The maximum Gasteiger partial charge on any atom is 0.338 e. The zero-order chi connectivity index (χ0) is 13.4. The van der Waals surface area contributed by atoms with Crippen LogP contribution in [0.5, 0.6) is 0 Å². The van der Waals surface area contributed by atoms with Crippen LogP contribution in [0.4, 0.5) is 15.8 Å². The number of carbonyl (C=O) groups is 1. The summed E-state index contributed by atoms with van der Waals surface area (Å²) in [5, 5.41) is 22.4. The van der Waals surface area contributed by atoms with Crippen LogP contribution in [0.15, 0.2) is 12.1 Å². The maximum atomic E-state index is 13.4. The predicted octanol–water partition coefficient (Wildman–Crippen LogP) is 2.25. The highest BCUT2D eigenvalue weighted by Crippen LogP contribution is 2.36. The second-order valence-electron chi connectivity index (χ2n) is 4.38. The van der Waals surface area contributed by atoms with E-state index >= 15 is 0 Å². The van der Waals surface area contributed by atoms with Gasteiger partial charge < -0.3 is 10.4 Å². The van der Waals surface area contributed by atoms with E-state index in [0.29, 0.717) is 12.0 Å². The summed E-state index contributed by atoms with van der Waals surface area (Å²) in [6.45, 7) is 1.96. The topological polar surface area (TPSA) is 92.5 Å². The van der Waals surface area contributed by atoms with Gasteiger partial charge in [0.15, 0.2) is 0 Å². The molecule has 0 amide bonds. The lowest BCUT2D eigenvalue weighted by Gasteiger charge is -2.08. The highest BCUT2D eigenvalue weighted by molar-refractivity contribution is 5.90. The molecule has 1 fully saturated rings. The van der Waals surface area contributed by atoms with Crippen LogP contribution in [-0.4, -0.2) is 22.0 Å². The molecule has 0 saturated heterocycles. The molecule has 1 aromatic carbocycles. The number of hydrogen-bond acceptors (Lipinski definition) is 4. The second kappa shape index (κ2) is 4.25. The summed E-state index contributed by atoms with van der Waals surface area (Å²) < 4.78 is 13.4. The van der Waals surface area contributed by atoms with Gasteiger partial charge in [-0.15, -0.1) is 0 Å². The molecule has 7 heteroatoms. The number of hydrogen-bond donors (Lipinski definition) is 2. The number of nitrogens with one attached hydrogen (secondary N) is 1. The van der Waals surface area contributed by atoms with Gasteiger partial charge in [0.2, 0.25) is 0 Å². The zero-order valence-corrected chi connectivity index (χ0v) is 9.51. The first kappa shape index (κ1) is 12.3. The molecule has 0 bridgehead atoms. The molecule has 0 aromatic heterocycles. The van der Waals surface area contributed by atoms with Crippen molar-refractivity contribution < 1.29 is 19.2 Å². The Hall–Kier alpha value is -2.18. The lowest BCUT2D eigenvalue weighted by molar-refractivity contribution is -0.384. The van der Waals surface area contributed by atoms with Crippen molar-refractivity contribution in [3.63, 3.8) is 0 Å². The van der Waals surface area contributed by atoms with Crippen molar-refractivity contribution in [1.82, 2.24) is 0 Å². The number of nitro benzene ring substituents is 1. The number of anilines is 1. The average molecular weight is 254 g/mol. The Balaban J connectivity index is 2.42. The highest BCUT2D eigenvalue weighted by Gasteiger charge is 2.34. The third-order valence-corrected chi connectivity index (χ3v) is 2.96. The Labute approximate surface area is 102 Å². The van der Waals surface area contributed by atoms with Crippen LogP contribution in [-0.2, 0) is 0 Å². The molecular formula is C11H11FN2O4. The highest BCUT2D eigenvalue weighted by atomic mass is 19.1. The van der Waals surface area contributed by atoms with E-state index in [0.717, 1.165) is 12.5 Å². The summed E-state index contributed by atoms with van der Waals surface area (Å²) in [6.07, 6.45) is 0.858. The van der Waals surface area contributed by atoms with Gasteiger partial charge in [0.1, 0.15) is 11.5 Å². The predicted molar refractivity (Wildman–Crippen MR) is 61.2 cm³/mol. The van der Waals surface area contributed by atoms with E-state index in [4.69, 9.17) is 5.11 Å². The van der Waals surface area contributed by atoms with Crippen molar-refractivity contribution in [2.75, 3.05) is 5.32 Å². The molecule has 2 atom stereocenters. The lowest BCUT2D eigenvalue weighted by Crippen LogP contribution is -2.09. The molecule has 2 unspecified atom stereocenters. The summed E-state index contributed by atoms with van der Waals surface area (Å²) in [4.78, 5) is 20.8. The minimum Gasteiger partial charge on any atom is -0.478 e. The summed E-state index contributed by atoms with van der Waals surface area (Å²) >= 11 is 0. The van der Waals surface area contributed by atoms with Crippen LogP contribution in [0.1, 0.15) is 23.7 Å². The molecule has 0 aliphatic heterocycles. The number of rotatable bonds is 4. The van der Waals surface area contributed by atoms with Gasteiger partial charge >= 0.3 is 5.97 Å². The molecule has 0 spiro atoms. The maximum absolute atomic E-state index is 13.4. The molecule has 2 rings (SSSR count). The summed E-state index contributed by atoms with van der Waals surface area (Å²) in [7, 11) is 0. The van der Waals surface area contributed by atoms with E-state index in [-0.39, 0.29) is 11.7 Å². The summed E-state index contributed by atoms with van der Waals surface area (Å²) in [5.74, 6) is -2.18. The van der Waals surface area contributed by atoms with Gasteiger partial charge in [-0.25, -0.2) is 9.18 Å². The van der Waals surface area contributed by atoms with E-state index in [1.54, 1.807) is 0 Å². The SMILES string of the molecule is CC1CC1Nc1cc(C(=O)O)c(F)cc1[N+](=O)[O-]. The summed E-state index contributed by atoms with van der Waals surface area (Å²) in [5.41, 5.74) is -0.971. The van der Waals surface area contributed by atoms with Crippen molar-refractivity contribution in [3.8, 4) is 0 Å². The van der Waals surface area contributed by atoms with Gasteiger partial charge in [-0.05, 0) is 18.4 Å². The van der Waals surface area contributed by atoms with Gasteiger partial charge in [0.25, 0.3) is 5.69 Å². The van der Waals surface area contributed by atoms with Gasteiger partial charge in [-0.3, -0.25) is 10.1 Å². The van der Waals surface area contributed by atoms with Gasteiger partial charge in [0.05, 0.1) is 16.6 Å². The quantitative estimate of drug-likeness (QED) is 0.635. The Bertz CT molecular complexity index is 532. The number of benzene rings is 1. The van der Waals surface area contributed by atoms with Crippen LogP contribution >= 0.6 is 0 Å². The molecule has 1 aliphatic carbocycles. The number of nitro groups is 1. The first-order chi connectivity index (χ1) is 8.40. The normalized spacial score (nSPS) is 21.4. The first-order valence-electron chi connectivity index (χ1n) is 5.38. The number of nitrogens with zero attached hydrogens (tertiary/aromatic N) is 1.